The Bertz CT molecular complexity index is 746. The first kappa shape index (κ1) is 12.8. The van der Waals surface area contributed by atoms with Crippen molar-refractivity contribution in [3.8, 4) is 0 Å². The number of hydrogen-bond acceptors (Lipinski definition) is 0. The molecule has 0 aliphatic carbocycles. The van der Waals surface area contributed by atoms with Gasteiger partial charge in [-0.1, -0.05) is 51.8 Å². The van der Waals surface area contributed by atoms with E-state index in [-0.39, 0.29) is 0 Å². The molecule has 2 aromatic carbocycles. The van der Waals surface area contributed by atoms with Crippen LogP contribution in [0.5, 0.6) is 0 Å². The van der Waals surface area contributed by atoms with E-state index < -0.39 is 0 Å². The quantitative estimate of drug-likeness (QED) is 0.590. The second kappa shape index (κ2) is 5.03. The van der Waals surface area contributed by atoms with Crippen molar-refractivity contribution in [2.24, 2.45) is 0 Å². The van der Waals surface area contributed by atoms with Gasteiger partial charge in [0, 0.05) is 27.3 Å². The highest BCUT2D eigenvalue weighted by molar-refractivity contribution is 9.10. The van der Waals surface area contributed by atoms with E-state index in [9.17, 15) is 0 Å². The van der Waals surface area contributed by atoms with Crippen LogP contribution in [0.2, 0.25) is 5.02 Å². The molecule has 0 atom stereocenters. The van der Waals surface area contributed by atoms with Gasteiger partial charge in [0.25, 0.3) is 0 Å². The third-order valence-corrected chi connectivity index (χ3v) is 4.21. The molecule has 0 aliphatic rings. The molecule has 3 aromatic rings. The fourth-order valence-corrected chi connectivity index (χ4v) is 3.11. The van der Waals surface area contributed by atoms with Crippen molar-refractivity contribution in [3.63, 3.8) is 0 Å². The molecule has 0 saturated heterocycles. The Kier molecular flexibility index (Phi) is 3.38. The van der Waals surface area contributed by atoms with Crippen LogP contribution in [-0.2, 0) is 6.54 Å². The highest BCUT2D eigenvalue weighted by atomic mass is 79.9. The predicted molar refractivity (Wildman–Crippen MR) is 84.9 cm³/mol. The average Bonchev–Trinajstić information content (AvgIpc) is 2.69. The lowest BCUT2D eigenvalue weighted by Gasteiger charge is -2.10. The van der Waals surface area contributed by atoms with Crippen LogP contribution < -0.4 is 0 Å². The Morgan fingerprint density at radius 3 is 2.68 bits per heavy atom. The second-order valence-electron chi connectivity index (χ2n) is 4.67. The summed E-state index contributed by atoms with van der Waals surface area (Å²) in [7, 11) is 0. The molecule has 0 radical (unpaired) electrons. The van der Waals surface area contributed by atoms with Gasteiger partial charge in [-0.15, -0.1) is 0 Å². The van der Waals surface area contributed by atoms with Gasteiger partial charge in [0.2, 0.25) is 0 Å². The molecule has 3 rings (SSSR count). The van der Waals surface area contributed by atoms with Crippen LogP contribution in [0.25, 0.3) is 10.9 Å². The first-order chi connectivity index (χ1) is 9.15. The summed E-state index contributed by atoms with van der Waals surface area (Å²) in [5.74, 6) is 0. The zero-order chi connectivity index (χ0) is 13.4. The fourth-order valence-electron chi connectivity index (χ4n) is 2.38. The molecular weight excluding hydrogens is 322 g/mol. The van der Waals surface area contributed by atoms with Crippen molar-refractivity contribution in [2.45, 2.75) is 13.5 Å². The summed E-state index contributed by atoms with van der Waals surface area (Å²) in [6.07, 6.45) is 0. The van der Waals surface area contributed by atoms with E-state index >= 15 is 0 Å². The highest BCUT2D eigenvalue weighted by Gasteiger charge is 2.08. The zero-order valence-corrected chi connectivity index (χ0v) is 12.9. The summed E-state index contributed by atoms with van der Waals surface area (Å²) in [6.45, 7) is 2.93. The Hall–Kier alpha value is -1.25. The van der Waals surface area contributed by atoms with Gasteiger partial charge in [-0.2, -0.15) is 0 Å². The number of rotatable bonds is 2. The Labute approximate surface area is 125 Å². The minimum Gasteiger partial charge on any atom is -0.340 e. The molecule has 19 heavy (non-hydrogen) atoms. The van der Waals surface area contributed by atoms with Crippen LogP contribution in [0.3, 0.4) is 0 Å². The van der Waals surface area contributed by atoms with Gasteiger partial charge in [-0.25, -0.2) is 0 Å². The van der Waals surface area contributed by atoms with Crippen LogP contribution in [0.15, 0.2) is 53.0 Å². The number of aryl methyl sites for hydroxylation is 1. The SMILES string of the molecule is Cc1cc2ccccc2n1Cc1ccc(Br)cc1Cl. The summed E-state index contributed by atoms with van der Waals surface area (Å²) in [6, 6.07) is 16.7. The summed E-state index contributed by atoms with van der Waals surface area (Å²) in [5.41, 5.74) is 3.63. The Morgan fingerprint density at radius 2 is 1.89 bits per heavy atom. The lowest BCUT2D eigenvalue weighted by Crippen LogP contribution is -2.01. The number of para-hydroxylation sites is 1. The molecule has 0 amide bonds. The van der Waals surface area contributed by atoms with Crippen molar-refractivity contribution in [2.75, 3.05) is 0 Å². The number of aromatic nitrogens is 1. The van der Waals surface area contributed by atoms with Crippen LogP contribution >= 0.6 is 27.5 Å². The lowest BCUT2D eigenvalue weighted by atomic mass is 10.2. The number of fused-ring (bicyclic) bond motifs is 1. The molecule has 0 unspecified atom stereocenters. The monoisotopic (exact) mass is 333 g/mol. The molecule has 0 spiro atoms. The topological polar surface area (TPSA) is 4.93 Å². The molecule has 1 heterocycles. The Balaban J connectivity index is 2.08. The fraction of sp³-hybridized carbons (Fsp3) is 0.125. The van der Waals surface area contributed by atoms with E-state index in [1.807, 2.05) is 12.1 Å². The normalized spacial score (nSPS) is 11.1. The van der Waals surface area contributed by atoms with Gasteiger partial charge < -0.3 is 4.57 Å². The van der Waals surface area contributed by atoms with Gasteiger partial charge in [0.05, 0.1) is 0 Å². The van der Waals surface area contributed by atoms with E-state index in [0.717, 1.165) is 21.6 Å². The van der Waals surface area contributed by atoms with Crippen molar-refractivity contribution in [1.82, 2.24) is 4.57 Å². The van der Waals surface area contributed by atoms with Gasteiger partial charge in [-0.3, -0.25) is 0 Å². The van der Waals surface area contributed by atoms with Crippen molar-refractivity contribution in [3.05, 3.63) is 69.3 Å². The Morgan fingerprint density at radius 1 is 1.11 bits per heavy atom. The summed E-state index contributed by atoms with van der Waals surface area (Å²) < 4.78 is 3.31. The third-order valence-electron chi connectivity index (χ3n) is 3.36. The van der Waals surface area contributed by atoms with Crippen LogP contribution in [0.1, 0.15) is 11.3 Å². The lowest BCUT2D eigenvalue weighted by molar-refractivity contribution is 0.805. The van der Waals surface area contributed by atoms with Crippen LogP contribution in [0.4, 0.5) is 0 Å². The first-order valence-corrected chi connectivity index (χ1v) is 7.31. The van der Waals surface area contributed by atoms with Gasteiger partial charge in [0.1, 0.15) is 0 Å². The second-order valence-corrected chi connectivity index (χ2v) is 5.99. The van der Waals surface area contributed by atoms with Gasteiger partial charge in [-0.05, 0) is 42.1 Å². The number of hydrogen-bond donors (Lipinski definition) is 0. The van der Waals surface area contributed by atoms with E-state index in [1.54, 1.807) is 0 Å². The van der Waals surface area contributed by atoms with Crippen molar-refractivity contribution < 1.29 is 0 Å². The van der Waals surface area contributed by atoms with E-state index in [2.05, 4.69) is 63.8 Å². The number of halogens is 2. The smallest absolute Gasteiger partial charge is 0.0493 e. The zero-order valence-electron chi connectivity index (χ0n) is 10.5. The molecule has 0 aliphatic heterocycles. The molecular formula is C16H13BrClN. The van der Waals surface area contributed by atoms with E-state index in [1.165, 1.54) is 16.6 Å². The van der Waals surface area contributed by atoms with Crippen molar-refractivity contribution >= 4 is 38.4 Å². The minimum absolute atomic E-state index is 0.797. The summed E-state index contributed by atoms with van der Waals surface area (Å²) >= 11 is 9.74. The maximum absolute atomic E-state index is 6.31. The molecule has 1 nitrogen and oxygen atoms in total. The van der Waals surface area contributed by atoms with E-state index in [0.29, 0.717) is 0 Å². The summed E-state index contributed by atoms with van der Waals surface area (Å²) in [4.78, 5) is 0. The maximum atomic E-state index is 6.31. The largest absolute Gasteiger partial charge is 0.340 e. The highest BCUT2D eigenvalue weighted by Crippen LogP contribution is 2.25. The third kappa shape index (κ3) is 2.43. The number of nitrogens with zero attached hydrogens (tertiary/aromatic N) is 1. The minimum atomic E-state index is 0.797. The molecule has 1 aromatic heterocycles. The van der Waals surface area contributed by atoms with Crippen molar-refractivity contribution in [1.29, 1.82) is 0 Å². The summed E-state index contributed by atoms with van der Waals surface area (Å²) in [5, 5.41) is 2.07. The molecule has 0 fully saturated rings. The molecule has 96 valence electrons. The maximum Gasteiger partial charge on any atom is 0.0493 e. The van der Waals surface area contributed by atoms with E-state index in [4.69, 9.17) is 11.6 Å². The standard InChI is InChI=1S/C16H13BrClN/c1-11-8-12-4-2-3-5-16(12)19(11)10-13-6-7-14(17)9-15(13)18/h2-9H,10H2,1H3. The number of benzene rings is 2. The first-order valence-electron chi connectivity index (χ1n) is 6.14. The van der Waals surface area contributed by atoms with Crippen LogP contribution in [0, 0.1) is 6.92 Å². The van der Waals surface area contributed by atoms with Gasteiger partial charge in [0.15, 0.2) is 0 Å². The molecule has 0 saturated carbocycles. The average molecular weight is 335 g/mol. The molecule has 0 N–H and O–H groups in total. The molecule has 3 heteroatoms. The van der Waals surface area contributed by atoms with Crippen LogP contribution in [-0.4, -0.2) is 4.57 Å². The predicted octanol–water partition coefficient (Wildman–Crippen LogP) is 5.41. The molecule has 0 bridgehead atoms. The van der Waals surface area contributed by atoms with Gasteiger partial charge >= 0.3 is 0 Å².